The summed E-state index contributed by atoms with van der Waals surface area (Å²) < 4.78 is 20.3. The molecule has 0 atom stereocenters. The van der Waals surface area contributed by atoms with Crippen molar-refractivity contribution >= 4 is 71.5 Å². The number of ether oxygens (including phenoxy) is 2. The van der Waals surface area contributed by atoms with Crippen LogP contribution in [0.25, 0.3) is 33.5 Å². The van der Waals surface area contributed by atoms with Crippen molar-refractivity contribution in [1.82, 2.24) is 9.66 Å². The van der Waals surface area contributed by atoms with E-state index in [0.29, 0.717) is 53.3 Å². The van der Waals surface area contributed by atoms with E-state index < -0.39 is 0 Å². The Hall–Kier alpha value is -3.92. The molecule has 0 saturated heterocycles. The molecule has 0 aliphatic heterocycles. The fourth-order valence-corrected chi connectivity index (χ4v) is 5.48. The van der Waals surface area contributed by atoms with Gasteiger partial charge in [-0.2, -0.15) is 9.78 Å². The molecule has 0 bridgehead atoms. The largest absolute Gasteiger partial charge is 0.493 e. The van der Waals surface area contributed by atoms with Crippen LogP contribution in [0, 0.1) is 0 Å². The van der Waals surface area contributed by atoms with Crippen LogP contribution in [0.3, 0.4) is 0 Å². The van der Waals surface area contributed by atoms with Gasteiger partial charge in [-0.15, -0.1) is 0 Å². The summed E-state index contributed by atoms with van der Waals surface area (Å²) in [6.07, 6.45) is 1.55. The highest BCUT2D eigenvalue weighted by atomic mass is 79.9. The topological polar surface area (TPSA) is 78.9 Å². The highest BCUT2D eigenvalue weighted by Crippen LogP contribution is 2.43. The normalized spacial score (nSPS) is 11.5. The second kappa shape index (κ2) is 11.5. The molecule has 0 aliphatic rings. The van der Waals surface area contributed by atoms with E-state index in [9.17, 15) is 4.79 Å². The zero-order valence-corrected chi connectivity index (χ0v) is 25.4. The number of aromatic nitrogens is 2. The van der Waals surface area contributed by atoms with E-state index in [4.69, 9.17) is 30.5 Å². The van der Waals surface area contributed by atoms with E-state index in [2.05, 4.69) is 37.0 Å². The molecule has 0 spiro atoms. The molecule has 2 aromatic heterocycles. The number of rotatable bonds is 7. The van der Waals surface area contributed by atoms with Gasteiger partial charge in [-0.25, -0.2) is 4.98 Å². The monoisotopic (exact) mass is 691 g/mol. The van der Waals surface area contributed by atoms with Gasteiger partial charge >= 0.3 is 0 Å². The van der Waals surface area contributed by atoms with Crippen molar-refractivity contribution in [2.45, 2.75) is 6.61 Å². The Balaban J connectivity index is 1.43. The van der Waals surface area contributed by atoms with Crippen LogP contribution < -0.4 is 15.0 Å². The summed E-state index contributed by atoms with van der Waals surface area (Å²) in [6.45, 7) is 0.244. The minimum Gasteiger partial charge on any atom is -0.493 e. The van der Waals surface area contributed by atoms with E-state index in [1.807, 2.05) is 60.7 Å². The van der Waals surface area contributed by atoms with Gasteiger partial charge in [0.15, 0.2) is 17.3 Å². The molecule has 204 valence electrons. The third-order valence-electron chi connectivity index (χ3n) is 6.42. The number of para-hydroxylation sites is 2. The fraction of sp³-hybridized carbons (Fsp3) is 0.0645. The zero-order chi connectivity index (χ0) is 28.5. The minimum atomic E-state index is -0.329. The minimum absolute atomic E-state index is 0.244. The third kappa shape index (κ3) is 5.28. The van der Waals surface area contributed by atoms with Crippen LogP contribution in [0.4, 0.5) is 0 Å². The average molecular weight is 694 g/mol. The summed E-state index contributed by atoms with van der Waals surface area (Å²) in [4.78, 5) is 18.4. The van der Waals surface area contributed by atoms with E-state index >= 15 is 0 Å². The first kappa shape index (κ1) is 27.3. The number of halogens is 3. The number of hydrogen-bond acceptors (Lipinski definition) is 6. The molecule has 4 aromatic carbocycles. The van der Waals surface area contributed by atoms with Crippen LogP contribution in [0.1, 0.15) is 11.1 Å². The maximum absolute atomic E-state index is 13.6. The SMILES string of the molecule is COc1cc(C=Nn2c(-c3cc4ccccc4o3)nc3ccccc3c2=O)c(Br)c(Br)c1OCc1ccccc1Cl. The lowest BCUT2D eigenvalue weighted by Gasteiger charge is -2.16. The van der Waals surface area contributed by atoms with E-state index in [1.165, 1.54) is 4.68 Å². The molecule has 0 unspecified atom stereocenters. The molecular weight excluding hydrogens is 674 g/mol. The van der Waals surface area contributed by atoms with Crippen LogP contribution in [-0.2, 0) is 6.61 Å². The Morgan fingerprint density at radius 2 is 1.76 bits per heavy atom. The quantitative estimate of drug-likeness (QED) is 0.157. The molecule has 0 saturated carbocycles. The molecule has 0 fully saturated rings. The third-order valence-corrected chi connectivity index (χ3v) is 8.93. The van der Waals surface area contributed by atoms with Gasteiger partial charge in [0.05, 0.1) is 28.7 Å². The van der Waals surface area contributed by atoms with Crippen LogP contribution >= 0.6 is 43.5 Å². The molecule has 41 heavy (non-hydrogen) atoms. The second-order valence-corrected chi connectivity index (χ2v) is 11.0. The number of nitrogens with zero attached hydrogens (tertiary/aromatic N) is 3. The van der Waals surface area contributed by atoms with Gasteiger partial charge in [0, 0.05) is 26.0 Å². The molecule has 7 nitrogen and oxygen atoms in total. The number of hydrogen-bond donors (Lipinski definition) is 0. The Morgan fingerprint density at radius 3 is 2.56 bits per heavy atom. The van der Waals surface area contributed by atoms with Crippen molar-refractivity contribution < 1.29 is 13.9 Å². The maximum atomic E-state index is 13.6. The Kier molecular flexibility index (Phi) is 7.66. The Morgan fingerprint density at radius 1 is 1.00 bits per heavy atom. The Labute approximate surface area is 256 Å². The lowest BCUT2D eigenvalue weighted by molar-refractivity contribution is 0.282. The summed E-state index contributed by atoms with van der Waals surface area (Å²) in [5.41, 5.74) is 2.37. The molecule has 6 aromatic rings. The predicted molar refractivity (Wildman–Crippen MR) is 168 cm³/mol. The van der Waals surface area contributed by atoms with E-state index in [-0.39, 0.29) is 18.0 Å². The standard InChI is InChI=1S/C31H20Br2ClN3O4/c1-39-25-15-20(27(32)28(33)29(25)40-17-19-9-2-5-11-22(19)34)16-35-37-30(26-14-18-8-3-7-13-24(18)41-26)36-23-12-6-4-10-21(23)31(37)38/h2-16H,17H2,1H3. The van der Waals surface area contributed by atoms with Crippen molar-refractivity contribution in [3.8, 4) is 23.1 Å². The van der Waals surface area contributed by atoms with Gasteiger partial charge in [0.2, 0.25) is 5.82 Å². The Bertz CT molecular complexity index is 1990. The first-order valence-electron chi connectivity index (χ1n) is 12.4. The number of benzene rings is 4. The van der Waals surface area contributed by atoms with Crippen LogP contribution in [0.15, 0.2) is 108 Å². The van der Waals surface area contributed by atoms with Crippen molar-refractivity contribution in [2.24, 2.45) is 5.10 Å². The summed E-state index contributed by atoms with van der Waals surface area (Å²) in [7, 11) is 1.55. The summed E-state index contributed by atoms with van der Waals surface area (Å²) in [5.74, 6) is 1.66. The van der Waals surface area contributed by atoms with Crippen LogP contribution in [-0.4, -0.2) is 23.0 Å². The maximum Gasteiger partial charge on any atom is 0.282 e. The lowest BCUT2D eigenvalue weighted by Crippen LogP contribution is -2.20. The van der Waals surface area contributed by atoms with E-state index in [1.54, 1.807) is 37.6 Å². The van der Waals surface area contributed by atoms with Gasteiger partial charge in [-0.05, 0) is 68.3 Å². The molecule has 0 radical (unpaired) electrons. The average Bonchev–Trinajstić information content (AvgIpc) is 3.43. The number of fused-ring (bicyclic) bond motifs is 2. The first-order chi connectivity index (χ1) is 19.9. The van der Waals surface area contributed by atoms with Gasteiger partial charge in [-0.1, -0.05) is 60.1 Å². The summed E-state index contributed by atoms with van der Waals surface area (Å²) >= 11 is 13.5. The molecule has 0 N–H and O–H groups in total. The molecule has 0 amide bonds. The van der Waals surface area contributed by atoms with Gasteiger partial charge in [-0.3, -0.25) is 4.79 Å². The summed E-state index contributed by atoms with van der Waals surface area (Å²) in [6, 6.07) is 25.8. The molecular formula is C31H20Br2ClN3O4. The van der Waals surface area contributed by atoms with Crippen molar-refractivity contribution in [2.75, 3.05) is 7.11 Å². The number of furan rings is 1. The van der Waals surface area contributed by atoms with Crippen LogP contribution in [0.5, 0.6) is 11.5 Å². The van der Waals surface area contributed by atoms with Crippen molar-refractivity contribution in [3.63, 3.8) is 0 Å². The van der Waals surface area contributed by atoms with Gasteiger partial charge in [0.25, 0.3) is 5.56 Å². The molecule has 10 heteroatoms. The molecule has 6 rings (SSSR count). The van der Waals surface area contributed by atoms with Crippen LogP contribution in [0.2, 0.25) is 5.02 Å². The number of methoxy groups -OCH3 is 1. The smallest absolute Gasteiger partial charge is 0.282 e. The van der Waals surface area contributed by atoms with E-state index in [0.717, 1.165) is 10.9 Å². The second-order valence-electron chi connectivity index (χ2n) is 8.97. The van der Waals surface area contributed by atoms with Gasteiger partial charge < -0.3 is 13.9 Å². The van der Waals surface area contributed by atoms with Crippen molar-refractivity contribution in [1.29, 1.82) is 0 Å². The van der Waals surface area contributed by atoms with Gasteiger partial charge in [0.1, 0.15) is 12.2 Å². The first-order valence-corrected chi connectivity index (χ1v) is 14.4. The predicted octanol–water partition coefficient (Wildman–Crippen LogP) is 8.46. The zero-order valence-electron chi connectivity index (χ0n) is 21.5. The lowest BCUT2D eigenvalue weighted by atomic mass is 10.2. The summed E-state index contributed by atoms with van der Waals surface area (Å²) in [5, 5.41) is 6.52. The van der Waals surface area contributed by atoms with Crippen molar-refractivity contribution in [3.05, 3.63) is 120 Å². The fourth-order valence-electron chi connectivity index (χ4n) is 4.35. The highest BCUT2D eigenvalue weighted by molar-refractivity contribution is 9.13. The molecule has 0 aliphatic carbocycles. The molecule has 2 heterocycles. The highest BCUT2D eigenvalue weighted by Gasteiger charge is 2.19.